The lowest BCUT2D eigenvalue weighted by Crippen LogP contribution is -2.10. The monoisotopic (exact) mass is 721 g/mol. The molecule has 0 aliphatic heterocycles. The molecule has 0 unspecified atom stereocenters. The second-order valence-corrected chi connectivity index (χ2v) is 14.0. The fourth-order valence-corrected chi connectivity index (χ4v) is 8.23. The van der Waals surface area contributed by atoms with Gasteiger partial charge in [-0.15, -0.1) is 0 Å². The Hall–Kier alpha value is -7.33. The van der Waals surface area contributed by atoms with E-state index in [4.69, 9.17) is 8.75 Å². The number of benzene rings is 8. The molecule has 0 bridgehead atoms. The lowest BCUT2D eigenvalue weighted by molar-refractivity contribution is 1.18. The number of nitrogens with zero attached hydrogens (tertiary/aromatic N) is 5. The van der Waals surface area contributed by atoms with Gasteiger partial charge in [-0.3, -0.25) is 0 Å². The largest absolute Gasteiger partial charge is 0.309 e. The maximum atomic E-state index is 9.39. The first-order valence-electron chi connectivity index (χ1n) is 18.1. The van der Waals surface area contributed by atoms with Crippen LogP contribution in [0.4, 0.5) is 17.1 Å². The van der Waals surface area contributed by atoms with Crippen LogP contribution in [0.25, 0.3) is 71.9 Å². The van der Waals surface area contributed by atoms with E-state index in [1.54, 1.807) is 0 Å². The highest BCUT2D eigenvalue weighted by Gasteiger charge is 2.21. The van der Waals surface area contributed by atoms with E-state index in [2.05, 4.69) is 167 Å². The van der Waals surface area contributed by atoms with Crippen molar-refractivity contribution in [2.24, 2.45) is 0 Å². The first-order chi connectivity index (χ1) is 27.2. The molecule has 10 rings (SSSR count). The molecule has 6 heteroatoms. The van der Waals surface area contributed by atoms with Gasteiger partial charge in [0.25, 0.3) is 0 Å². The van der Waals surface area contributed by atoms with Crippen LogP contribution in [0, 0.1) is 11.3 Å². The summed E-state index contributed by atoms with van der Waals surface area (Å²) in [7, 11) is 0. The number of hydrogen-bond donors (Lipinski definition) is 0. The number of hydrogen-bond acceptors (Lipinski definition) is 5. The van der Waals surface area contributed by atoms with E-state index in [1.165, 1.54) is 22.9 Å². The molecule has 0 N–H and O–H groups in total. The molecule has 2 heterocycles. The van der Waals surface area contributed by atoms with Crippen LogP contribution in [-0.4, -0.2) is 13.3 Å². The zero-order valence-electron chi connectivity index (χ0n) is 29.5. The highest BCUT2D eigenvalue weighted by molar-refractivity contribution is 7.00. The molecular weight excluding hydrogens is 691 g/mol. The van der Waals surface area contributed by atoms with Gasteiger partial charge < -0.3 is 9.47 Å². The van der Waals surface area contributed by atoms with Gasteiger partial charge in [-0.2, -0.15) is 14.0 Å². The predicted molar refractivity (Wildman–Crippen MR) is 227 cm³/mol. The van der Waals surface area contributed by atoms with Crippen molar-refractivity contribution in [2.45, 2.75) is 0 Å². The Bertz CT molecular complexity index is 2930. The molecule has 10 aromatic rings. The lowest BCUT2D eigenvalue weighted by Gasteiger charge is -2.26. The average Bonchev–Trinajstić information content (AvgIpc) is 3.89. The predicted octanol–water partition coefficient (Wildman–Crippen LogP) is 13.1. The average molecular weight is 722 g/mol. The van der Waals surface area contributed by atoms with Crippen molar-refractivity contribution in [3.8, 4) is 45.1 Å². The van der Waals surface area contributed by atoms with E-state index >= 15 is 0 Å². The summed E-state index contributed by atoms with van der Waals surface area (Å²) in [6, 6.07) is 67.9. The van der Waals surface area contributed by atoms with Gasteiger partial charge in [0, 0.05) is 33.4 Å². The minimum absolute atomic E-state index is 0.642. The number of fused-ring (bicyclic) bond motifs is 4. The lowest BCUT2D eigenvalue weighted by atomic mass is 9.99. The van der Waals surface area contributed by atoms with E-state index in [0.717, 1.165) is 77.8 Å². The Kier molecular flexibility index (Phi) is 7.98. The molecule has 0 spiro atoms. The molecule has 0 saturated carbocycles. The smallest absolute Gasteiger partial charge is 0.129 e. The fraction of sp³-hybridized carbons (Fsp3) is 0. The molecule has 0 radical (unpaired) electrons. The third-order valence-corrected chi connectivity index (χ3v) is 10.9. The maximum absolute atomic E-state index is 9.39. The molecule has 55 heavy (non-hydrogen) atoms. The minimum Gasteiger partial charge on any atom is -0.309 e. The third kappa shape index (κ3) is 5.71. The molecule has 0 aliphatic carbocycles. The van der Waals surface area contributed by atoms with Crippen LogP contribution in [0.15, 0.2) is 188 Å². The van der Waals surface area contributed by atoms with Crippen molar-refractivity contribution in [1.82, 2.24) is 13.3 Å². The molecule has 5 nitrogen and oxygen atoms in total. The number of anilines is 3. The summed E-state index contributed by atoms with van der Waals surface area (Å²) in [6.07, 6.45) is 0. The standard InChI is InChI=1S/C49H31N5S/c50-32-33-15-22-41(23-16-33)54-45-14-8-7-13-43(45)44-31-38(21-29-46(44)54)42-28-30-47(49-48(42)51-55-52-49)53(39-24-17-36(18-25-39)34-9-3-1-4-10-34)40-26-19-37(20-27-40)35-11-5-2-6-12-35/h1-31H. The molecule has 0 aliphatic rings. The number of nitriles is 1. The summed E-state index contributed by atoms with van der Waals surface area (Å²) in [5, 5.41) is 11.7. The van der Waals surface area contributed by atoms with Crippen molar-refractivity contribution in [1.29, 1.82) is 5.26 Å². The SMILES string of the molecule is N#Cc1ccc(-n2c3ccccc3c3cc(-c4ccc(N(c5ccc(-c6ccccc6)cc5)c5ccc(-c6ccccc6)cc5)c5nsnc45)ccc32)cc1. The number of aromatic nitrogens is 3. The van der Waals surface area contributed by atoms with Gasteiger partial charge in [0.1, 0.15) is 11.0 Å². The molecule has 0 fully saturated rings. The van der Waals surface area contributed by atoms with Crippen LogP contribution in [-0.2, 0) is 0 Å². The zero-order valence-corrected chi connectivity index (χ0v) is 30.4. The Morgan fingerprint density at radius 1 is 0.473 bits per heavy atom. The molecule has 0 amide bonds. The van der Waals surface area contributed by atoms with Gasteiger partial charge in [0.2, 0.25) is 0 Å². The summed E-state index contributed by atoms with van der Waals surface area (Å²) in [6.45, 7) is 0. The maximum Gasteiger partial charge on any atom is 0.129 e. The topological polar surface area (TPSA) is 57.7 Å². The van der Waals surface area contributed by atoms with Crippen molar-refractivity contribution in [3.63, 3.8) is 0 Å². The van der Waals surface area contributed by atoms with Gasteiger partial charge in [-0.1, -0.05) is 109 Å². The van der Waals surface area contributed by atoms with Crippen LogP contribution in [0.1, 0.15) is 5.56 Å². The molecule has 258 valence electrons. The van der Waals surface area contributed by atoms with Crippen molar-refractivity contribution in [2.75, 3.05) is 4.90 Å². The van der Waals surface area contributed by atoms with Crippen LogP contribution in [0.5, 0.6) is 0 Å². The van der Waals surface area contributed by atoms with Crippen molar-refractivity contribution >= 4 is 61.6 Å². The Labute approximate surface area is 322 Å². The van der Waals surface area contributed by atoms with Gasteiger partial charge in [-0.05, 0) is 107 Å². The first kappa shape index (κ1) is 32.3. The van der Waals surface area contributed by atoms with E-state index in [9.17, 15) is 5.26 Å². The second-order valence-electron chi connectivity index (χ2n) is 13.5. The van der Waals surface area contributed by atoms with E-state index in [-0.39, 0.29) is 0 Å². The van der Waals surface area contributed by atoms with Crippen LogP contribution in [0.3, 0.4) is 0 Å². The van der Waals surface area contributed by atoms with Crippen LogP contribution >= 0.6 is 11.7 Å². The summed E-state index contributed by atoms with van der Waals surface area (Å²) in [5.74, 6) is 0. The van der Waals surface area contributed by atoms with E-state index < -0.39 is 0 Å². The summed E-state index contributed by atoms with van der Waals surface area (Å²) in [5.41, 5.74) is 15.4. The van der Waals surface area contributed by atoms with Crippen LogP contribution < -0.4 is 4.90 Å². The van der Waals surface area contributed by atoms with Gasteiger partial charge in [0.15, 0.2) is 0 Å². The van der Waals surface area contributed by atoms with Gasteiger partial charge in [-0.25, -0.2) is 0 Å². The van der Waals surface area contributed by atoms with Gasteiger partial charge in [0.05, 0.1) is 40.1 Å². The number of rotatable bonds is 7. The van der Waals surface area contributed by atoms with Crippen molar-refractivity contribution < 1.29 is 0 Å². The quantitative estimate of drug-likeness (QED) is 0.164. The second kappa shape index (κ2) is 13.6. The first-order valence-corrected chi connectivity index (χ1v) is 18.9. The highest BCUT2D eigenvalue weighted by atomic mass is 32.1. The van der Waals surface area contributed by atoms with E-state index in [0.29, 0.717) is 5.56 Å². The molecular formula is C49H31N5S. The zero-order chi connectivity index (χ0) is 36.7. The Balaban J connectivity index is 1.10. The fourth-order valence-electron chi connectivity index (χ4n) is 7.66. The normalized spacial score (nSPS) is 11.3. The minimum atomic E-state index is 0.642. The van der Waals surface area contributed by atoms with Crippen molar-refractivity contribution in [3.05, 3.63) is 194 Å². The van der Waals surface area contributed by atoms with E-state index in [1.807, 2.05) is 36.4 Å². The summed E-state index contributed by atoms with van der Waals surface area (Å²) >= 11 is 1.24. The number of para-hydroxylation sites is 1. The third-order valence-electron chi connectivity index (χ3n) is 10.3. The molecule has 0 atom stereocenters. The molecule has 0 saturated heterocycles. The molecule has 2 aromatic heterocycles. The summed E-state index contributed by atoms with van der Waals surface area (Å²) in [4.78, 5) is 2.28. The highest BCUT2D eigenvalue weighted by Crippen LogP contribution is 2.43. The molecule has 8 aromatic carbocycles. The Morgan fingerprint density at radius 3 is 1.65 bits per heavy atom. The van der Waals surface area contributed by atoms with Crippen LogP contribution in [0.2, 0.25) is 0 Å². The summed E-state index contributed by atoms with van der Waals surface area (Å²) < 4.78 is 12.1. The van der Waals surface area contributed by atoms with Gasteiger partial charge >= 0.3 is 0 Å². The Morgan fingerprint density at radius 2 is 1.02 bits per heavy atom.